The molecule has 1 amide bonds. The zero-order valence-electron chi connectivity index (χ0n) is 14.5. The summed E-state index contributed by atoms with van der Waals surface area (Å²) in [6.45, 7) is 5.55. The fraction of sp³-hybridized carbons (Fsp3) is 0.389. The molecule has 1 heterocycles. The second-order valence-corrected chi connectivity index (χ2v) is 6.45. The summed E-state index contributed by atoms with van der Waals surface area (Å²) in [5.74, 6) is -1.33. The van der Waals surface area contributed by atoms with Crippen molar-refractivity contribution < 1.29 is 14.7 Å². The van der Waals surface area contributed by atoms with Crippen molar-refractivity contribution in [3.63, 3.8) is 0 Å². The molecule has 0 unspecified atom stereocenters. The molecule has 1 aromatic heterocycles. The van der Waals surface area contributed by atoms with Crippen LogP contribution in [-0.4, -0.2) is 32.3 Å². The molecular formula is C18H22ClN3O3. The van der Waals surface area contributed by atoms with Gasteiger partial charge >= 0.3 is 5.97 Å². The summed E-state index contributed by atoms with van der Waals surface area (Å²) in [5, 5.41) is 16.9. The summed E-state index contributed by atoms with van der Waals surface area (Å²) in [6, 6.07) is 8.89. The van der Waals surface area contributed by atoms with E-state index in [0.717, 1.165) is 5.69 Å². The van der Waals surface area contributed by atoms with Gasteiger partial charge in [0.05, 0.1) is 22.7 Å². The van der Waals surface area contributed by atoms with Crippen molar-refractivity contribution in [2.45, 2.75) is 45.6 Å². The molecule has 0 aliphatic heterocycles. The monoisotopic (exact) mass is 363 g/mol. The van der Waals surface area contributed by atoms with Gasteiger partial charge in [0.15, 0.2) is 5.69 Å². The first-order valence-corrected chi connectivity index (χ1v) is 8.55. The Balaban J connectivity index is 2.30. The molecule has 0 aliphatic rings. The molecule has 134 valence electrons. The van der Waals surface area contributed by atoms with Gasteiger partial charge in [-0.15, -0.1) is 0 Å². The van der Waals surface area contributed by atoms with Crippen molar-refractivity contribution in [2.24, 2.45) is 0 Å². The van der Waals surface area contributed by atoms with E-state index in [2.05, 4.69) is 10.4 Å². The number of carboxylic acid groups (broad SMARTS) is 1. The van der Waals surface area contributed by atoms with E-state index in [0.29, 0.717) is 23.6 Å². The molecule has 6 nitrogen and oxygen atoms in total. The number of nitrogens with one attached hydrogen (secondary N) is 1. The molecule has 1 aromatic carbocycles. The first-order valence-electron chi connectivity index (χ1n) is 8.17. The quantitative estimate of drug-likeness (QED) is 0.787. The number of carbonyl (C=O) groups excluding carboxylic acids is 1. The molecule has 0 spiro atoms. The number of aryl methyl sites for hydroxylation is 1. The van der Waals surface area contributed by atoms with Crippen molar-refractivity contribution in [2.75, 3.05) is 0 Å². The highest BCUT2D eigenvalue weighted by Gasteiger charge is 2.32. The average Bonchev–Trinajstić information content (AvgIpc) is 2.96. The predicted molar refractivity (Wildman–Crippen MR) is 96.3 cm³/mol. The summed E-state index contributed by atoms with van der Waals surface area (Å²) in [4.78, 5) is 23.8. The van der Waals surface area contributed by atoms with Gasteiger partial charge in [-0.25, -0.2) is 4.68 Å². The lowest BCUT2D eigenvalue weighted by Gasteiger charge is -2.31. The number of aromatic nitrogens is 2. The van der Waals surface area contributed by atoms with Gasteiger partial charge in [-0.05, 0) is 38.0 Å². The Morgan fingerprint density at radius 3 is 2.48 bits per heavy atom. The Hall–Kier alpha value is -2.34. The van der Waals surface area contributed by atoms with Crippen LogP contribution in [0.15, 0.2) is 30.3 Å². The van der Waals surface area contributed by atoms with Crippen LogP contribution in [0.4, 0.5) is 0 Å². The number of carboxylic acids is 1. The Kier molecular flexibility index (Phi) is 5.85. The average molecular weight is 364 g/mol. The molecular weight excluding hydrogens is 342 g/mol. The molecule has 0 fully saturated rings. The van der Waals surface area contributed by atoms with Crippen molar-refractivity contribution >= 4 is 23.5 Å². The molecule has 25 heavy (non-hydrogen) atoms. The number of nitrogens with zero attached hydrogens (tertiary/aromatic N) is 2. The van der Waals surface area contributed by atoms with E-state index < -0.39 is 11.5 Å². The minimum Gasteiger partial charge on any atom is -0.481 e. The summed E-state index contributed by atoms with van der Waals surface area (Å²) in [6.07, 6.45) is 0.910. The van der Waals surface area contributed by atoms with E-state index in [1.54, 1.807) is 16.8 Å². The Morgan fingerprint density at radius 1 is 1.28 bits per heavy atom. The lowest BCUT2D eigenvalue weighted by Crippen LogP contribution is -2.49. The molecule has 2 aromatic rings. The van der Waals surface area contributed by atoms with E-state index >= 15 is 0 Å². The van der Waals surface area contributed by atoms with Crippen molar-refractivity contribution in [1.29, 1.82) is 0 Å². The number of rotatable bonds is 7. The molecule has 2 rings (SSSR count). The molecule has 0 aliphatic carbocycles. The van der Waals surface area contributed by atoms with Gasteiger partial charge in [0, 0.05) is 5.69 Å². The smallest absolute Gasteiger partial charge is 0.305 e. The second-order valence-electron chi connectivity index (χ2n) is 6.05. The molecule has 7 heteroatoms. The number of aliphatic carboxylic acids is 1. The maximum atomic E-state index is 12.6. The predicted octanol–water partition coefficient (Wildman–Crippen LogP) is 3.60. The van der Waals surface area contributed by atoms with Crippen molar-refractivity contribution in [3.8, 4) is 5.69 Å². The molecule has 0 saturated carbocycles. The second kappa shape index (κ2) is 7.70. The van der Waals surface area contributed by atoms with Gasteiger partial charge in [0.25, 0.3) is 5.91 Å². The highest BCUT2D eigenvalue weighted by atomic mass is 35.5. The molecule has 2 N–H and O–H groups in total. The van der Waals surface area contributed by atoms with Crippen LogP contribution in [0.5, 0.6) is 0 Å². The van der Waals surface area contributed by atoms with E-state index in [9.17, 15) is 9.59 Å². The number of hydrogen-bond donors (Lipinski definition) is 2. The molecule has 0 saturated heterocycles. The third kappa shape index (κ3) is 4.20. The van der Waals surface area contributed by atoms with Crippen molar-refractivity contribution in [1.82, 2.24) is 15.1 Å². The summed E-state index contributed by atoms with van der Waals surface area (Å²) < 4.78 is 1.61. The van der Waals surface area contributed by atoms with Crippen LogP contribution < -0.4 is 5.32 Å². The topological polar surface area (TPSA) is 84.2 Å². The SMILES string of the molecule is CCC(CC)(CC(=O)O)NC(=O)c1cc(C)n(-c2ccccc2Cl)n1. The Morgan fingerprint density at radius 2 is 1.92 bits per heavy atom. The third-order valence-corrected chi connectivity index (χ3v) is 4.74. The van der Waals surface area contributed by atoms with Crippen LogP contribution in [0, 0.1) is 6.92 Å². The van der Waals surface area contributed by atoms with Gasteiger partial charge in [-0.2, -0.15) is 5.10 Å². The van der Waals surface area contributed by atoms with Gasteiger partial charge in [0.2, 0.25) is 0 Å². The molecule has 0 bridgehead atoms. The number of amides is 1. The number of halogens is 1. The number of benzene rings is 1. The van der Waals surface area contributed by atoms with E-state index in [-0.39, 0.29) is 18.0 Å². The lowest BCUT2D eigenvalue weighted by atomic mass is 9.89. The van der Waals surface area contributed by atoms with E-state index in [4.69, 9.17) is 16.7 Å². The highest BCUT2D eigenvalue weighted by Crippen LogP contribution is 2.23. The Bertz CT molecular complexity index is 782. The first-order chi connectivity index (χ1) is 11.8. The van der Waals surface area contributed by atoms with Gasteiger partial charge < -0.3 is 10.4 Å². The van der Waals surface area contributed by atoms with Crippen molar-refractivity contribution in [3.05, 3.63) is 46.7 Å². The summed E-state index contributed by atoms with van der Waals surface area (Å²) in [5.41, 5.74) is 0.887. The minimum atomic E-state index is -0.943. The van der Waals surface area contributed by atoms with E-state index in [1.165, 1.54) is 0 Å². The van der Waals surface area contributed by atoms with Crippen LogP contribution >= 0.6 is 11.6 Å². The van der Waals surface area contributed by atoms with Crippen LogP contribution in [0.1, 0.15) is 49.3 Å². The fourth-order valence-electron chi connectivity index (χ4n) is 2.77. The maximum Gasteiger partial charge on any atom is 0.305 e. The number of carbonyl (C=O) groups is 2. The van der Waals surface area contributed by atoms with Crippen LogP contribution in [-0.2, 0) is 4.79 Å². The summed E-state index contributed by atoms with van der Waals surface area (Å²) >= 11 is 6.20. The molecule has 0 radical (unpaired) electrons. The molecule has 0 atom stereocenters. The first kappa shape index (κ1) is 19.0. The zero-order chi connectivity index (χ0) is 18.6. The van der Waals surface area contributed by atoms with Gasteiger partial charge in [-0.1, -0.05) is 37.6 Å². The standard InChI is InChI=1S/C18H22ClN3O3/c1-4-18(5-2,11-16(23)24)20-17(25)14-10-12(3)22(21-14)15-9-7-6-8-13(15)19/h6-10H,4-5,11H2,1-3H3,(H,20,25)(H,23,24). The fourth-order valence-corrected chi connectivity index (χ4v) is 2.98. The van der Waals surface area contributed by atoms with Crippen LogP contribution in [0.2, 0.25) is 5.02 Å². The van der Waals surface area contributed by atoms with Crippen LogP contribution in [0.25, 0.3) is 5.69 Å². The normalized spacial score (nSPS) is 11.4. The van der Waals surface area contributed by atoms with Crippen LogP contribution in [0.3, 0.4) is 0 Å². The number of hydrogen-bond acceptors (Lipinski definition) is 3. The van der Waals surface area contributed by atoms with Gasteiger partial charge in [0.1, 0.15) is 0 Å². The zero-order valence-corrected chi connectivity index (χ0v) is 15.3. The highest BCUT2D eigenvalue weighted by molar-refractivity contribution is 6.32. The number of para-hydroxylation sites is 1. The maximum absolute atomic E-state index is 12.6. The lowest BCUT2D eigenvalue weighted by molar-refractivity contribution is -0.138. The Labute approximate surface area is 151 Å². The third-order valence-electron chi connectivity index (χ3n) is 4.42. The van der Waals surface area contributed by atoms with E-state index in [1.807, 2.05) is 39.0 Å². The minimum absolute atomic E-state index is 0.129. The largest absolute Gasteiger partial charge is 0.481 e. The summed E-state index contributed by atoms with van der Waals surface area (Å²) in [7, 11) is 0. The van der Waals surface area contributed by atoms with Gasteiger partial charge in [-0.3, -0.25) is 9.59 Å².